The Morgan fingerprint density at radius 3 is 1.48 bits per heavy atom. The Hall–Kier alpha value is -1.76. The maximum Gasteiger partial charge on any atom is 0.338 e. The van der Waals surface area contributed by atoms with Gasteiger partial charge in [0, 0.05) is 0 Å². The van der Waals surface area contributed by atoms with Gasteiger partial charge in [0.25, 0.3) is 0 Å². The highest BCUT2D eigenvalue weighted by Gasteiger charge is 2.66. The summed E-state index contributed by atoms with van der Waals surface area (Å²) in [6, 6.07) is 18.3. The van der Waals surface area contributed by atoms with Crippen LogP contribution in [0.3, 0.4) is 0 Å². The Morgan fingerprint density at radius 1 is 0.727 bits per heavy atom. The van der Waals surface area contributed by atoms with E-state index in [9.17, 15) is 9.59 Å². The molecule has 0 aliphatic heterocycles. The molecule has 5 rings (SSSR count). The van der Waals surface area contributed by atoms with Gasteiger partial charge in [0.05, 0.1) is 11.1 Å². The van der Waals surface area contributed by atoms with E-state index < -0.39 is 12.2 Å². The Labute approximate surface area is 199 Å². The molecule has 3 aliphatic carbocycles. The lowest BCUT2D eigenvalue weighted by atomic mass is 9.68. The van der Waals surface area contributed by atoms with Gasteiger partial charge in [0.2, 0.25) is 0 Å². The molecular weight excluding hydrogens is 450 g/mol. The van der Waals surface area contributed by atoms with Gasteiger partial charge >= 0.3 is 11.9 Å². The number of carbonyl (C=O) groups excluding carboxylic acids is 2. The molecule has 3 aliphatic rings. The molecule has 2 aromatic rings. The molecule has 8 atom stereocenters. The molecule has 0 N–H and O–H groups in total. The van der Waals surface area contributed by atoms with Crippen LogP contribution in [0.2, 0.25) is 0 Å². The van der Waals surface area contributed by atoms with E-state index in [1.165, 1.54) is 19.3 Å². The highest BCUT2D eigenvalue weighted by atomic mass is 31.1. The first kappa shape index (κ1) is 23.0. The molecule has 4 nitrogen and oxygen atoms in total. The molecule has 0 aromatic heterocycles. The molecule has 6 heteroatoms. The zero-order valence-electron chi connectivity index (χ0n) is 19.3. The molecule has 33 heavy (non-hydrogen) atoms. The third kappa shape index (κ3) is 4.04. The molecular formula is C27H32O4P2. The van der Waals surface area contributed by atoms with Crippen LogP contribution in [-0.2, 0) is 9.47 Å². The smallest absolute Gasteiger partial charge is 0.338 e. The minimum atomic E-state index is -0.406. The van der Waals surface area contributed by atoms with Gasteiger partial charge in [-0.25, -0.2) is 9.59 Å². The van der Waals surface area contributed by atoms with Gasteiger partial charge < -0.3 is 9.47 Å². The van der Waals surface area contributed by atoms with Gasteiger partial charge in [0.15, 0.2) is 0 Å². The van der Waals surface area contributed by atoms with E-state index in [1.807, 2.05) is 36.4 Å². The van der Waals surface area contributed by atoms with Crippen LogP contribution in [0.25, 0.3) is 0 Å². The van der Waals surface area contributed by atoms with Crippen molar-refractivity contribution in [2.45, 2.75) is 54.6 Å². The van der Waals surface area contributed by atoms with Crippen molar-refractivity contribution in [2.24, 2.45) is 11.8 Å². The van der Waals surface area contributed by atoms with E-state index in [2.05, 4.69) is 13.3 Å². The van der Waals surface area contributed by atoms with E-state index >= 15 is 0 Å². The first-order valence-corrected chi connectivity index (χ1v) is 14.9. The Bertz CT molecular complexity index is 932. The zero-order valence-corrected chi connectivity index (χ0v) is 21.3. The summed E-state index contributed by atoms with van der Waals surface area (Å²) in [7, 11) is 1.80. The van der Waals surface area contributed by atoms with E-state index in [0.717, 1.165) is 30.0 Å². The average molecular weight is 482 g/mol. The number of fused-ring (bicyclic) bond motifs is 5. The number of rotatable bonds is 6. The SMILES string of the molecule is CPC12CCC(PC)(C1)C1CC(OC(=O)c3ccccc3)C(OC(=O)c3ccccc3)CC12. The normalized spacial score (nSPS) is 35.2. The van der Waals surface area contributed by atoms with E-state index in [4.69, 9.17) is 9.47 Å². The molecule has 174 valence electrons. The third-order valence-corrected chi connectivity index (χ3v) is 12.1. The van der Waals surface area contributed by atoms with E-state index in [-0.39, 0.29) is 11.9 Å². The molecule has 3 saturated carbocycles. The number of ether oxygens (including phenoxy) is 2. The van der Waals surface area contributed by atoms with Crippen molar-refractivity contribution in [3.63, 3.8) is 0 Å². The van der Waals surface area contributed by atoms with Crippen LogP contribution in [0, 0.1) is 11.8 Å². The fraction of sp³-hybridized carbons (Fsp3) is 0.481. The molecule has 2 bridgehead atoms. The summed E-state index contributed by atoms with van der Waals surface area (Å²) in [5, 5.41) is 0.749. The molecule has 8 unspecified atom stereocenters. The summed E-state index contributed by atoms with van der Waals surface area (Å²) in [4.78, 5) is 26.0. The predicted octanol–water partition coefficient (Wildman–Crippen LogP) is 5.76. The van der Waals surface area contributed by atoms with Crippen molar-refractivity contribution in [3.05, 3.63) is 71.8 Å². The number of carbonyl (C=O) groups is 2. The first-order chi connectivity index (χ1) is 16.0. The highest BCUT2D eigenvalue weighted by molar-refractivity contribution is 7.41. The van der Waals surface area contributed by atoms with Crippen LogP contribution in [0.4, 0.5) is 0 Å². The first-order valence-electron chi connectivity index (χ1n) is 11.9. The summed E-state index contributed by atoms with van der Waals surface area (Å²) in [6.45, 7) is 4.70. The molecule has 0 saturated heterocycles. The second-order valence-electron chi connectivity index (χ2n) is 9.79. The van der Waals surface area contributed by atoms with Crippen LogP contribution in [0.15, 0.2) is 60.7 Å². The molecule has 0 spiro atoms. The molecule has 3 fully saturated rings. The van der Waals surface area contributed by atoms with Gasteiger partial charge in [-0.1, -0.05) is 36.4 Å². The number of hydrogen-bond acceptors (Lipinski definition) is 4. The molecule has 0 heterocycles. The van der Waals surface area contributed by atoms with Crippen LogP contribution in [-0.4, -0.2) is 47.8 Å². The summed E-state index contributed by atoms with van der Waals surface area (Å²) in [5.41, 5.74) is 1.08. The number of hydrogen-bond donors (Lipinski definition) is 0. The fourth-order valence-electron chi connectivity index (χ4n) is 6.78. The van der Waals surface area contributed by atoms with Gasteiger partial charge in [-0.3, -0.25) is 0 Å². The summed E-state index contributed by atoms with van der Waals surface area (Å²) in [6.07, 6.45) is 4.65. The molecule has 0 radical (unpaired) electrons. The Kier molecular flexibility index (Phi) is 6.36. The van der Waals surface area contributed by atoms with Crippen molar-refractivity contribution in [1.82, 2.24) is 0 Å². The quantitative estimate of drug-likeness (QED) is 0.388. The maximum absolute atomic E-state index is 13.0. The van der Waals surface area contributed by atoms with E-state index in [0.29, 0.717) is 33.3 Å². The summed E-state index contributed by atoms with van der Waals surface area (Å²) < 4.78 is 12.2. The van der Waals surface area contributed by atoms with Crippen molar-refractivity contribution >= 4 is 29.1 Å². The van der Waals surface area contributed by atoms with Gasteiger partial charge in [-0.15, -0.1) is 17.2 Å². The average Bonchev–Trinajstić information content (AvgIpc) is 3.38. The lowest BCUT2D eigenvalue weighted by Crippen LogP contribution is -2.50. The third-order valence-electron chi connectivity index (χ3n) is 8.47. The maximum atomic E-state index is 13.0. The Balaban J connectivity index is 1.43. The summed E-state index contributed by atoms with van der Waals surface area (Å²) in [5.74, 6) is 0.427. The lowest BCUT2D eigenvalue weighted by Gasteiger charge is -2.49. The topological polar surface area (TPSA) is 52.6 Å². The van der Waals surface area contributed by atoms with Crippen LogP contribution in [0.1, 0.15) is 52.8 Å². The lowest BCUT2D eigenvalue weighted by molar-refractivity contribution is -0.0787. The van der Waals surface area contributed by atoms with Crippen molar-refractivity contribution in [1.29, 1.82) is 0 Å². The Morgan fingerprint density at radius 2 is 1.12 bits per heavy atom. The zero-order chi connectivity index (χ0) is 23.1. The van der Waals surface area contributed by atoms with E-state index in [1.54, 1.807) is 24.3 Å². The van der Waals surface area contributed by atoms with Gasteiger partial charge in [-0.2, -0.15) is 0 Å². The largest absolute Gasteiger partial charge is 0.455 e. The fourth-order valence-corrected chi connectivity index (χ4v) is 10.1. The van der Waals surface area contributed by atoms with Crippen molar-refractivity contribution in [3.8, 4) is 0 Å². The second kappa shape index (κ2) is 9.12. The standard InChI is InChI=1S/C27H32O4P2/c1-32-26-13-14-27(17-26,33-2)21-16-23(31-25(29)19-11-7-4-8-12-19)22(15-20(21)26)30-24(28)18-9-5-3-6-10-18/h3-12,20-23,32-33H,13-17H2,1-2H3. The monoisotopic (exact) mass is 482 g/mol. The van der Waals surface area contributed by atoms with Crippen molar-refractivity contribution < 1.29 is 19.1 Å². The van der Waals surface area contributed by atoms with Gasteiger partial charge in [-0.05, 0) is 91.8 Å². The molecule has 2 aromatic carbocycles. The van der Waals surface area contributed by atoms with Crippen LogP contribution >= 0.6 is 17.2 Å². The van der Waals surface area contributed by atoms with Crippen LogP contribution in [0.5, 0.6) is 0 Å². The number of esters is 2. The minimum Gasteiger partial charge on any atom is -0.455 e. The predicted molar refractivity (Wildman–Crippen MR) is 135 cm³/mol. The minimum absolute atomic E-state index is 0.331. The highest BCUT2D eigenvalue weighted by Crippen LogP contribution is 2.72. The molecule has 0 amide bonds. The van der Waals surface area contributed by atoms with Gasteiger partial charge in [0.1, 0.15) is 12.2 Å². The van der Waals surface area contributed by atoms with Crippen LogP contribution < -0.4 is 0 Å². The van der Waals surface area contributed by atoms with Crippen molar-refractivity contribution in [2.75, 3.05) is 13.3 Å². The summed E-state index contributed by atoms with van der Waals surface area (Å²) >= 11 is 0. The number of benzene rings is 2. The second-order valence-corrected chi connectivity index (χ2v) is 12.8.